The molecule has 2 bridgehead atoms. The molecule has 1 amide bonds. The van der Waals surface area contributed by atoms with Crippen LogP contribution < -0.4 is 15.8 Å². The number of hydrogen-bond donors (Lipinski definition) is 2. The summed E-state index contributed by atoms with van der Waals surface area (Å²) in [7, 11) is 1.38. The van der Waals surface area contributed by atoms with Crippen LogP contribution >= 0.6 is 12.4 Å². The van der Waals surface area contributed by atoms with Gasteiger partial charge in [0.25, 0.3) is 0 Å². The van der Waals surface area contributed by atoms with Gasteiger partial charge >= 0.3 is 5.97 Å². The molecule has 0 spiro atoms. The predicted octanol–water partition coefficient (Wildman–Crippen LogP) is 2.43. The lowest BCUT2D eigenvalue weighted by atomic mass is 9.84. The fourth-order valence-electron chi connectivity index (χ4n) is 4.24. The van der Waals surface area contributed by atoms with E-state index in [2.05, 4.69) is 10.1 Å². The summed E-state index contributed by atoms with van der Waals surface area (Å²) >= 11 is 0. The van der Waals surface area contributed by atoms with Crippen molar-refractivity contribution in [1.82, 2.24) is 5.32 Å². The quantitative estimate of drug-likeness (QED) is 0.520. The number of amides is 1. The maximum Gasteiger partial charge on any atom is 0.305 e. The molecule has 3 rings (SSSR count). The molecule has 2 fully saturated rings. The van der Waals surface area contributed by atoms with Gasteiger partial charge in [0.05, 0.1) is 19.6 Å². The zero-order valence-corrected chi connectivity index (χ0v) is 16.5. The molecule has 1 aromatic carbocycles. The molecule has 2 saturated carbocycles. The smallest absolute Gasteiger partial charge is 0.305 e. The molecular formula is C20H29ClN2O4. The van der Waals surface area contributed by atoms with Crippen molar-refractivity contribution in [1.29, 1.82) is 0 Å². The molecule has 1 aromatic rings. The Bertz CT molecular complexity index is 635. The van der Waals surface area contributed by atoms with Gasteiger partial charge in [-0.1, -0.05) is 12.1 Å². The minimum atomic E-state index is -0.227. The predicted molar refractivity (Wildman–Crippen MR) is 105 cm³/mol. The van der Waals surface area contributed by atoms with Crippen LogP contribution in [0.3, 0.4) is 0 Å². The number of fused-ring (bicyclic) bond motifs is 2. The van der Waals surface area contributed by atoms with E-state index in [1.165, 1.54) is 13.5 Å². The molecule has 4 atom stereocenters. The van der Waals surface area contributed by atoms with E-state index >= 15 is 0 Å². The van der Waals surface area contributed by atoms with Gasteiger partial charge in [0.2, 0.25) is 5.91 Å². The lowest BCUT2D eigenvalue weighted by Gasteiger charge is -2.27. The number of rotatable bonds is 8. The maximum absolute atomic E-state index is 12.5. The number of methoxy groups -OCH3 is 1. The summed E-state index contributed by atoms with van der Waals surface area (Å²) in [6, 6.07) is 7.66. The van der Waals surface area contributed by atoms with Crippen molar-refractivity contribution >= 4 is 24.3 Å². The molecule has 150 valence electrons. The summed E-state index contributed by atoms with van der Waals surface area (Å²) in [4.78, 5) is 23.5. The number of esters is 1. The van der Waals surface area contributed by atoms with Crippen molar-refractivity contribution < 1.29 is 19.1 Å². The van der Waals surface area contributed by atoms with E-state index in [9.17, 15) is 9.59 Å². The molecule has 0 aromatic heterocycles. The van der Waals surface area contributed by atoms with Crippen LogP contribution in [0.5, 0.6) is 5.75 Å². The zero-order valence-electron chi connectivity index (χ0n) is 15.7. The van der Waals surface area contributed by atoms with Crippen LogP contribution in [0.15, 0.2) is 24.3 Å². The van der Waals surface area contributed by atoms with Gasteiger partial charge in [0, 0.05) is 19.0 Å². The van der Waals surface area contributed by atoms with Gasteiger partial charge in [-0.05, 0) is 55.2 Å². The fraction of sp³-hybridized carbons (Fsp3) is 0.600. The number of halogens is 1. The Morgan fingerprint density at radius 3 is 2.52 bits per heavy atom. The summed E-state index contributed by atoms with van der Waals surface area (Å²) in [5.74, 6) is 1.59. The highest BCUT2D eigenvalue weighted by atomic mass is 35.5. The summed E-state index contributed by atoms with van der Waals surface area (Å²) in [5.41, 5.74) is 7.26. The third-order valence-corrected chi connectivity index (χ3v) is 5.70. The number of benzene rings is 1. The highest BCUT2D eigenvalue weighted by molar-refractivity contribution is 5.85. The molecule has 2 aliphatic rings. The van der Waals surface area contributed by atoms with E-state index < -0.39 is 0 Å². The first kappa shape index (κ1) is 21.5. The van der Waals surface area contributed by atoms with Gasteiger partial charge in [-0.25, -0.2) is 0 Å². The second kappa shape index (κ2) is 9.95. The molecule has 7 heteroatoms. The summed E-state index contributed by atoms with van der Waals surface area (Å²) in [6.45, 7) is 0.968. The third kappa shape index (κ3) is 5.36. The number of carbonyl (C=O) groups excluding carboxylic acids is 2. The van der Waals surface area contributed by atoms with Crippen molar-refractivity contribution in [3.05, 3.63) is 29.8 Å². The van der Waals surface area contributed by atoms with Crippen LogP contribution in [0.4, 0.5) is 0 Å². The molecule has 0 aliphatic heterocycles. The van der Waals surface area contributed by atoms with Crippen molar-refractivity contribution in [2.45, 2.75) is 44.7 Å². The highest BCUT2D eigenvalue weighted by Crippen LogP contribution is 2.47. The van der Waals surface area contributed by atoms with Crippen LogP contribution in [0.2, 0.25) is 0 Å². The molecule has 0 radical (unpaired) electrons. The van der Waals surface area contributed by atoms with Gasteiger partial charge < -0.3 is 20.5 Å². The highest BCUT2D eigenvalue weighted by Gasteiger charge is 2.48. The van der Waals surface area contributed by atoms with E-state index in [-0.39, 0.29) is 36.2 Å². The Kier molecular flexibility index (Phi) is 7.92. The monoisotopic (exact) mass is 396 g/mol. The average Bonchev–Trinajstić information content (AvgIpc) is 3.25. The second-order valence-electron chi connectivity index (χ2n) is 7.33. The average molecular weight is 397 g/mol. The summed E-state index contributed by atoms with van der Waals surface area (Å²) in [5, 5.41) is 3.04. The normalized spacial score (nSPS) is 25.6. The first-order chi connectivity index (χ1) is 12.6. The molecular weight excluding hydrogens is 368 g/mol. The minimum absolute atomic E-state index is 0. The lowest BCUT2D eigenvalue weighted by Crippen LogP contribution is -2.45. The van der Waals surface area contributed by atoms with Gasteiger partial charge in [0.15, 0.2) is 0 Å². The molecule has 3 N–H and O–H groups in total. The van der Waals surface area contributed by atoms with Crippen LogP contribution in [0.1, 0.15) is 37.7 Å². The van der Waals surface area contributed by atoms with Gasteiger partial charge in [-0.15, -0.1) is 12.4 Å². The van der Waals surface area contributed by atoms with Crippen molar-refractivity contribution in [3.63, 3.8) is 0 Å². The Morgan fingerprint density at radius 2 is 1.89 bits per heavy atom. The first-order valence-electron chi connectivity index (χ1n) is 9.40. The first-order valence-corrected chi connectivity index (χ1v) is 9.40. The second-order valence-corrected chi connectivity index (χ2v) is 7.33. The number of nitrogens with one attached hydrogen (secondary N) is 1. The Morgan fingerprint density at radius 1 is 1.19 bits per heavy atom. The Balaban J connectivity index is 0.00000261. The van der Waals surface area contributed by atoms with E-state index in [0.717, 1.165) is 24.2 Å². The van der Waals surface area contributed by atoms with Crippen molar-refractivity contribution in [2.24, 2.45) is 23.5 Å². The summed E-state index contributed by atoms with van der Waals surface area (Å²) < 4.78 is 10.2. The van der Waals surface area contributed by atoms with E-state index in [0.29, 0.717) is 37.8 Å². The molecule has 0 saturated heterocycles. The van der Waals surface area contributed by atoms with E-state index in [4.69, 9.17) is 10.5 Å². The van der Waals surface area contributed by atoms with E-state index in [1.54, 1.807) is 0 Å². The van der Waals surface area contributed by atoms with Gasteiger partial charge in [-0.2, -0.15) is 0 Å². The minimum Gasteiger partial charge on any atom is -0.494 e. The standard InChI is InChI=1S/C20H28N2O4.ClH/c1-25-17(23)3-2-10-26-16-8-4-13(5-9-16)12-22-20(24)18-14-6-7-15(11-14)19(18)21;/h4-5,8-9,14-15,18-19H,2-3,6-7,10-12,21H2,1H3,(H,22,24);1H. The molecule has 27 heavy (non-hydrogen) atoms. The summed E-state index contributed by atoms with van der Waals surface area (Å²) in [6.07, 6.45) is 4.40. The van der Waals surface area contributed by atoms with Crippen LogP contribution in [0.25, 0.3) is 0 Å². The molecule has 4 unspecified atom stereocenters. The topological polar surface area (TPSA) is 90.6 Å². The van der Waals surface area contributed by atoms with Gasteiger partial charge in [-0.3, -0.25) is 9.59 Å². The van der Waals surface area contributed by atoms with Crippen LogP contribution in [0, 0.1) is 17.8 Å². The van der Waals surface area contributed by atoms with Gasteiger partial charge in [0.1, 0.15) is 5.75 Å². The molecule has 0 heterocycles. The van der Waals surface area contributed by atoms with Crippen LogP contribution in [-0.2, 0) is 20.9 Å². The number of carbonyl (C=O) groups is 2. The number of hydrogen-bond acceptors (Lipinski definition) is 5. The largest absolute Gasteiger partial charge is 0.494 e. The lowest BCUT2D eigenvalue weighted by molar-refractivity contribution is -0.140. The SMILES string of the molecule is COC(=O)CCCOc1ccc(CNC(=O)C2C3CCC(C3)C2N)cc1.Cl. The Hall–Kier alpha value is -1.79. The Labute approximate surface area is 166 Å². The molecule has 6 nitrogen and oxygen atoms in total. The maximum atomic E-state index is 12.5. The number of nitrogens with two attached hydrogens (primary N) is 1. The zero-order chi connectivity index (χ0) is 18.5. The van der Waals surface area contributed by atoms with Crippen molar-refractivity contribution in [3.8, 4) is 5.75 Å². The van der Waals surface area contributed by atoms with Crippen LogP contribution in [-0.4, -0.2) is 31.6 Å². The molecule has 2 aliphatic carbocycles. The van der Waals surface area contributed by atoms with E-state index in [1.807, 2.05) is 24.3 Å². The third-order valence-electron chi connectivity index (χ3n) is 5.70. The fourth-order valence-corrected chi connectivity index (χ4v) is 4.24. The number of ether oxygens (including phenoxy) is 2. The van der Waals surface area contributed by atoms with Crippen molar-refractivity contribution in [2.75, 3.05) is 13.7 Å².